The summed E-state index contributed by atoms with van der Waals surface area (Å²) >= 11 is 0. The highest BCUT2D eigenvalue weighted by molar-refractivity contribution is 5.68. The van der Waals surface area contributed by atoms with Gasteiger partial charge in [-0.2, -0.15) is 0 Å². The first-order valence-corrected chi connectivity index (χ1v) is 5.41. The second kappa shape index (κ2) is 6.78. The normalized spacial score (nSPS) is 15.2. The summed E-state index contributed by atoms with van der Waals surface area (Å²) in [5.74, 6) is 0. The first-order valence-electron chi connectivity index (χ1n) is 5.41. The highest BCUT2D eigenvalue weighted by atomic mass is 16.7. The van der Waals surface area contributed by atoms with Crippen LogP contribution in [-0.4, -0.2) is 49.5 Å². The number of aliphatic hydroxyl groups is 1. The molecule has 0 radical (unpaired) electrons. The van der Waals surface area contributed by atoms with Crippen LogP contribution in [0.15, 0.2) is 0 Å². The molecular formula is C11H23NO5. The zero-order valence-corrected chi connectivity index (χ0v) is 11.2. The summed E-state index contributed by atoms with van der Waals surface area (Å²) in [7, 11) is 1.50. The van der Waals surface area contributed by atoms with Gasteiger partial charge in [0.2, 0.25) is 0 Å². The number of carbonyl (C=O) groups is 1. The van der Waals surface area contributed by atoms with Gasteiger partial charge in [0, 0.05) is 7.11 Å². The third-order valence-electron chi connectivity index (χ3n) is 1.77. The van der Waals surface area contributed by atoms with Gasteiger partial charge in [-0.3, -0.25) is 0 Å². The first kappa shape index (κ1) is 16.1. The molecule has 0 rings (SSSR count). The van der Waals surface area contributed by atoms with Crippen LogP contribution in [-0.2, 0) is 14.2 Å². The highest BCUT2D eigenvalue weighted by Gasteiger charge is 2.28. The quantitative estimate of drug-likeness (QED) is 0.540. The van der Waals surface area contributed by atoms with Crippen molar-refractivity contribution in [3.8, 4) is 0 Å². The van der Waals surface area contributed by atoms with E-state index in [2.05, 4.69) is 5.32 Å². The van der Waals surface area contributed by atoms with Gasteiger partial charge in [0.1, 0.15) is 12.4 Å². The Bertz CT molecular complexity index is 239. The molecule has 1 amide bonds. The van der Waals surface area contributed by atoms with Crippen LogP contribution in [0.5, 0.6) is 0 Å². The van der Waals surface area contributed by atoms with Gasteiger partial charge < -0.3 is 24.6 Å². The Kier molecular flexibility index (Phi) is 6.44. The molecule has 0 saturated heterocycles. The molecule has 6 nitrogen and oxygen atoms in total. The monoisotopic (exact) mass is 249 g/mol. The van der Waals surface area contributed by atoms with E-state index in [1.165, 1.54) is 7.11 Å². The van der Waals surface area contributed by atoms with E-state index in [4.69, 9.17) is 14.2 Å². The van der Waals surface area contributed by atoms with Crippen LogP contribution < -0.4 is 5.32 Å². The van der Waals surface area contributed by atoms with Gasteiger partial charge in [0.05, 0.1) is 18.8 Å². The molecule has 0 aromatic heterocycles. The van der Waals surface area contributed by atoms with Crippen molar-refractivity contribution < 1.29 is 24.1 Å². The molecule has 0 unspecified atom stereocenters. The van der Waals surface area contributed by atoms with E-state index in [1.54, 1.807) is 27.7 Å². The predicted octanol–water partition coefficient (Wildman–Crippen LogP) is 0.883. The van der Waals surface area contributed by atoms with E-state index in [9.17, 15) is 9.90 Å². The molecule has 0 aliphatic rings. The lowest BCUT2D eigenvalue weighted by atomic mass is 10.1. The number of carbonyl (C=O) groups excluding carboxylic acids is 1. The van der Waals surface area contributed by atoms with Crippen molar-refractivity contribution in [1.29, 1.82) is 0 Å². The van der Waals surface area contributed by atoms with Gasteiger partial charge in [0.25, 0.3) is 0 Å². The van der Waals surface area contributed by atoms with Crippen LogP contribution in [0, 0.1) is 0 Å². The van der Waals surface area contributed by atoms with Crippen LogP contribution >= 0.6 is 0 Å². The largest absolute Gasteiger partial charge is 0.444 e. The van der Waals surface area contributed by atoms with Gasteiger partial charge in [0.15, 0.2) is 0 Å². The van der Waals surface area contributed by atoms with Gasteiger partial charge in [-0.05, 0) is 27.7 Å². The number of hydrogen-bond donors (Lipinski definition) is 2. The van der Waals surface area contributed by atoms with Crippen LogP contribution in [0.1, 0.15) is 27.7 Å². The highest BCUT2D eigenvalue weighted by Crippen LogP contribution is 2.10. The standard InChI is InChI=1S/C11H23NO5/c1-10(2,3)17-9(14)12-11(4,6-13)7-16-8-15-5/h13H,6-8H2,1-5H3,(H,12,14)/t11-/m1/s1. The number of rotatable bonds is 6. The molecule has 102 valence electrons. The molecule has 0 saturated carbocycles. The zero-order valence-electron chi connectivity index (χ0n) is 11.2. The summed E-state index contributed by atoms with van der Waals surface area (Å²) in [4.78, 5) is 11.5. The summed E-state index contributed by atoms with van der Waals surface area (Å²) < 4.78 is 14.9. The third-order valence-corrected chi connectivity index (χ3v) is 1.77. The minimum Gasteiger partial charge on any atom is -0.444 e. The molecule has 1 atom stereocenters. The van der Waals surface area contributed by atoms with Crippen molar-refractivity contribution in [2.24, 2.45) is 0 Å². The SMILES string of the molecule is COCOC[C@@](C)(CO)NC(=O)OC(C)(C)C. The number of hydrogen-bond acceptors (Lipinski definition) is 5. The maximum absolute atomic E-state index is 11.5. The van der Waals surface area contributed by atoms with E-state index in [1.807, 2.05) is 0 Å². The van der Waals surface area contributed by atoms with E-state index in [-0.39, 0.29) is 20.0 Å². The molecule has 0 aromatic rings. The molecule has 0 aliphatic carbocycles. The van der Waals surface area contributed by atoms with Crippen molar-refractivity contribution in [3.63, 3.8) is 0 Å². The molecule has 2 N–H and O–H groups in total. The van der Waals surface area contributed by atoms with Crippen LogP contribution in [0.2, 0.25) is 0 Å². The zero-order chi connectivity index (χ0) is 13.5. The first-order chi connectivity index (χ1) is 7.72. The number of ether oxygens (including phenoxy) is 3. The van der Waals surface area contributed by atoms with Crippen molar-refractivity contribution in [2.75, 3.05) is 27.1 Å². The van der Waals surface area contributed by atoms with Crippen molar-refractivity contribution in [2.45, 2.75) is 38.8 Å². The molecule has 17 heavy (non-hydrogen) atoms. The number of methoxy groups -OCH3 is 1. The minimum absolute atomic E-state index is 0.103. The lowest BCUT2D eigenvalue weighted by molar-refractivity contribution is -0.0596. The molecule has 0 aromatic carbocycles. The van der Waals surface area contributed by atoms with Crippen LogP contribution in [0.25, 0.3) is 0 Å². The molecule has 0 bridgehead atoms. The summed E-state index contributed by atoms with van der Waals surface area (Å²) in [5.41, 5.74) is -1.46. The van der Waals surface area contributed by atoms with Crippen molar-refractivity contribution in [1.82, 2.24) is 5.32 Å². The van der Waals surface area contributed by atoms with Gasteiger partial charge in [-0.15, -0.1) is 0 Å². The molecule has 6 heteroatoms. The Morgan fingerprint density at radius 1 is 1.29 bits per heavy atom. The van der Waals surface area contributed by atoms with Crippen molar-refractivity contribution >= 4 is 6.09 Å². The van der Waals surface area contributed by atoms with E-state index in [0.29, 0.717) is 0 Å². The van der Waals surface area contributed by atoms with E-state index < -0.39 is 17.2 Å². The smallest absolute Gasteiger partial charge is 0.408 e. The lowest BCUT2D eigenvalue weighted by Gasteiger charge is -2.30. The maximum Gasteiger partial charge on any atom is 0.408 e. The Labute approximate surface area is 102 Å². The maximum atomic E-state index is 11.5. The third kappa shape index (κ3) is 7.95. The summed E-state index contributed by atoms with van der Waals surface area (Å²) in [6.45, 7) is 6.95. The number of aliphatic hydroxyl groups excluding tert-OH is 1. The van der Waals surface area contributed by atoms with Crippen LogP contribution in [0.3, 0.4) is 0 Å². The summed E-state index contributed by atoms with van der Waals surface area (Å²) in [6, 6.07) is 0. The average molecular weight is 249 g/mol. The Balaban J connectivity index is 4.22. The number of nitrogens with one attached hydrogen (secondary N) is 1. The van der Waals surface area contributed by atoms with Gasteiger partial charge in [-0.1, -0.05) is 0 Å². The number of amides is 1. The minimum atomic E-state index is -0.888. The molecule has 0 fully saturated rings. The topological polar surface area (TPSA) is 77.0 Å². The molecule has 0 heterocycles. The molecule has 0 aliphatic heterocycles. The number of alkyl carbamates (subject to hydrolysis) is 1. The second-order valence-electron chi connectivity index (χ2n) is 5.10. The fourth-order valence-corrected chi connectivity index (χ4v) is 1.02. The predicted molar refractivity (Wildman–Crippen MR) is 62.7 cm³/mol. The average Bonchev–Trinajstić information content (AvgIpc) is 2.15. The summed E-state index contributed by atoms with van der Waals surface area (Å²) in [6.07, 6.45) is -0.588. The molecule has 0 spiro atoms. The van der Waals surface area contributed by atoms with Crippen molar-refractivity contribution in [3.05, 3.63) is 0 Å². The Hall–Kier alpha value is -0.850. The second-order valence-corrected chi connectivity index (χ2v) is 5.10. The Morgan fingerprint density at radius 2 is 1.88 bits per heavy atom. The Morgan fingerprint density at radius 3 is 2.29 bits per heavy atom. The van der Waals surface area contributed by atoms with Gasteiger partial charge >= 0.3 is 6.09 Å². The fraction of sp³-hybridized carbons (Fsp3) is 0.909. The lowest BCUT2D eigenvalue weighted by Crippen LogP contribution is -2.53. The fourth-order valence-electron chi connectivity index (χ4n) is 1.02. The van der Waals surface area contributed by atoms with Crippen LogP contribution in [0.4, 0.5) is 4.79 Å². The van der Waals surface area contributed by atoms with E-state index >= 15 is 0 Å². The van der Waals surface area contributed by atoms with Gasteiger partial charge in [-0.25, -0.2) is 4.79 Å². The molecular weight excluding hydrogens is 226 g/mol. The summed E-state index contributed by atoms with van der Waals surface area (Å²) in [5, 5.41) is 11.8. The van der Waals surface area contributed by atoms with E-state index in [0.717, 1.165) is 0 Å².